The van der Waals surface area contributed by atoms with Crippen molar-refractivity contribution in [2.24, 2.45) is 0 Å². The van der Waals surface area contributed by atoms with E-state index in [2.05, 4.69) is 97.4 Å². The van der Waals surface area contributed by atoms with E-state index in [1.54, 1.807) is 0 Å². The van der Waals surface area contributed by atoms with E-state index in [0.29, 0.717) is 0 Å². The second-order valence-electron chi connectivity index (χ2n) is 5.62. The average Bonchev–Trinajstić information content (AvgIpc) is 2.60. The zero-order valence-corrected chi connectivity index (χ0v) is 14.8. The molecule has 0 aliphatic rings. The maximum absolute atomic E-state index is 3.68. The minimum atomic E-state index is -1.98. The molecule has 2 aromatic rings. The molecule has 0 saturated heterocycles. The molecule has 0 heterocycles. The first-order chi connectivity index (χ1) is 10.7. The maximum atomic E-state index is 3.68. The van der Waals surface area contributed by atoms with Crippen molar-refractivity contribution in [2.45, 2.75) is 20.4 Å². The van der Waals surface area contributed by atoms with Crippen molar-refractivity contribution in [3.05, 3.63) is 60.7 Å². The average molecular weight is 308 g/mol. The van der Waals surface area contributed by atoms with E-state index in [0.717, 1.165) is 19.6 Å². The summed E-state index contributed by atoms with van der Waals surface area (Å²) in [5, 5.41) is 2.77. The minimum absolute atomic E-state index is 0.856. The molecular formula is C20H25NSi. The number of rotatable bonds is 5. The summed E-state index contributed by atoms with van der Waals surface area (Å²) >= 11 is 0. The molecule has 2 heteroatoms. The Morgan fingerprint density at radius 1 is 0.818 bits per heavy atom. The largest absolute Gasteiger partial charge is 0.293 e. The van der Waals surface area contributed by atoms with Crippen molar-refractivity contribution < 1.29 is 0 Å². The molecule has 0 N–H and O–H groups in total. The highest BCUT2D eigenvalue weighted by atomic mass is 28.3. The molecule has 0 unspecified atom stereocenters. The van der Waals surface area contributed by atoms with Crippen molar-refractivity contribution in [3.8, 4) is 11.5 Å². The van der Waals surface area contributed by atoms with Crippen LogP contribution in [0.4, 0.5) is 0 Å². The third kappa shape index (κ3) is 3.88. The lowest BCUT2D eigenvalue weighted by atomic mass is 10.4. The summed E-state index contributed by atoms with van der Waals surface area (Å²) in [7, 11) is -1.98. The van der Waals surface area contributed by atoms with Gasteiger partial charge in [0.25, 0.3) is 0 Å². The van der Waals surface area contributed by atoms with E-state index in [4.69, 9.17) is 0 Å². The molecule has 0 aliphatic carbocycles. The molecule has 0 radical (unpaired) electrons. The summed E-state index contributed by atoms with van der Waals surface area (Å²) in [6.07, 6.45) is 0. The van der Waals surface area contributed by atoms with Crippen LogP contribution in [0.2, 0.25) is 6.55 Å². The van der Waals surface area contributed by atoms with Crippen molar-refractivity contribution in [1.29, 1.82) is 0 Å². The van der Waals surface area contributed by atoms with E-state index < -0.39 is 8.07 Å². The van der Waals surface area contributed by atoms with Crippen LogP contribution in [0, 0.1) is 11.5 Å². The molecule has 22 heavy (non-hydrogen) atoms. The molecule has 0 atom stereocenters. The quantitative estimate of drug-likeness (QED) is 0.606. The molecule has 1 nitrogen and oxygen atoms in total. The van der Waals surface area contributed by atoms with Crippen LogP contribution in [0.15, 0.2) is 60.7 Å². The van der Waals surface area contributed by atoms with Crippen LogP contribution in [-0.4, -0.2) is 32.6 Å². The number of nitrogens with zero attached hydrogens (tertiary/aromatic N) is 1. The topological polar surface area (TPSA) is 3.24 Å². The monoisotopic (exact) mass is 307 g/mol. The summed E-state index contributed by atoms with van der Waals surface area (Å²) in [5.74, 6) is 3.46. The number of hydrogen-bond donors (Lipinski definition) is 0. The van der Waals surface area contributed by atoms with Gasteiger partial charge < -0.3 is 0 Å². The Morgan fingerprint density at radius 2 is 1.27 bits per heavy atom. The smallest absolute Gasteiger partial charge is 0.196 e. The summed E-state index contributed by atoms with van der Waals surface area (Å²) in [5.41, 5.74) is 3.68. The summed E-state index contributed by atoms with van der Waals surface area (Å²) in [6.45, 7) is 9.70. The van der Waals surface area contributed by atoms with Crippen LogP contribution in [-0.2, 0) is 0 Å². The number of hydrogen-bond acceptors (Lipinski definition) is 1. The van der Waals surface area contributed by atoms with E-state index >= 15 is 0 Å². The summed E-state index contributed by atoms with van der Waals surface area (Å²) < 4.78 is 0. The predicted octanol–water partition coefficient (Wildman–Crippen LogP) is 2.76. The Hall–Kier alpha value is -1.82. The Morgan fingerprint density at radius 3 is 1.68 bits per heavy atom. The van der Waals surface area contributed by atoms with Crippen LogP contribution < -0.4 is 10.4 Å². The van der Waals surface area contributed by atoms with E-state index in [1.807, 2.05) is 0 Å². The van der Waals surface area contributed by atoms with Gasteiger partial charge in [0.2, 0.25) is 0 Å². The normalized spacial score (nSPS) is 11.1. The van der Waals surface area contributed by atoms with Gasteiger partial charge in [-0.25, -0.2) is 0 Å². The first kappa shape index (κ1) is 16.5. The standard InChI is InChI=1S/C20H25NSi/c1-4-21(5-2)17-12-18-22(3,19-13-8-6-9-14-19)20-15-10-7-11-16-20/h6-11,13-16H,4-5,17H2,1-3H3. The summed E-state index contributed by atoms with van der Waals surface area (Å²) in [6, 6.07) is 21.5. The molecule has 0 bridgehead atoms. The van der Waals surface area contributed by atoms with Gasteiger partial charge in [0, 0.05) is 0 Å². The second kappa shape index (κ2) is 7.98. The van der Waals surface area contributed by atoms with Crippen LogP contribution in [0.1, 0.15) is 13.8 Å². The fourth-order valence-electron chi connectivity index (χ4n) is 2.63. The predicted molar refractivity (Wildman–Crippen MR) is 99.3 cm³/mol. The van der Waals surface area contributed by atoms with Crippen molar-refractivity contribution >= 4 is 18.4 Å². The van der Waals surface area contributed by atoms with Crippen molar-refractivity contribution in [2.75, 3.05) is 19.6 Å². The van der Waals surface area contributed by atoms with Gasteiger partial charge in [0.05, 0.1) is 6.54 Å². The van der Waals surface area contributed by atoms with E-state index in [-0.39, 0.29) is 0 Å². The Bertz CT molecular complexity index is 582. The van der Waals surface area contributed by atoms with E-state index in [1.165, 1.54) is 10.4 Å². The van der Waals surface area contributed by atoms with Crippen molar-refractivity contribution in [3.63, 3.8) is 0 Å². The molecule has 0 spiro atoms. The fourth-order valence-corrected chi connectivity index (χ4v) is 5.40. The van der Waals surface area contributed by atoms with Gasteiger partial charge in [-0.15, -0.1) is 5.54 Å². The SMILES string of the molecule is CCN(CC)CC#C[Si](C)(c1ccccc1)c1ccccc1. The molecule has 0 amide bonds. The highest BCUT2D eigenvalue weighted by molar-refractivity contribution is 7.07. The Kier molecular flexibility index (Phi) is 6.00. The van der Waals surface area contributed by atoms with Crippen LogP contribution in [0.3, 0.4) is 0 Å². The van der Waals surface area contributed by atoms with Crippen LogP contribution in [0.5, 0.6) is 0 Å². The maximum Gasteiger partial charge on any atom is 0.196 e. The molecule has 114 valence electrons. The third-order valence-corrected chi connectivity index (χ3v) is 7.89. The molecule has 0 fully saturated rings. The minimum Gasteiger partial charge on any atom is -0.293 e. The van der Waals surface area contributed by atoms with Gasteiger partial charge in [-0.2, -0.15) is 0 Å². The van der Waals surface area contributed by atoms with Gasteiger partial charge in [-0.05, 0) is 23.5 Å². The first-order valence-corrected chi connectivity index (χ1v) is 10.5. The lowest BCUT2D eigenvalue weighted by molar-refractivity contribution is 0.342. The van der Waals surface area contributed by atoms with Gasteiger partial charge in [-0.1, -0.05) is 87.0 Å². The van der Waals surface area contributed by atoms with Gasteiger partial charge in [0.1, 0.15) is 0 Å². The Balaban J connectivity index is 2.38. The zero-order valence-electron chi connectivity index (χ0n) is 13.8. The molecule has 2 rings (SSSR count). The molecule has 0 saturated carbocycles. The van der Waals surface area contributed by atoms with Crippen LogP contribution in [0.25, 0.3) is 0 Å². The molecule has 2 aromatic carbocycles. The lowest BCUT2D eigenvalue weighted by Gasteiger charge is -2.22. The third-order valence-electron chi connectivity index (χ3n) is 4.24. The van der Waals surface area contributed by atoms with Crippen LogP contribution >= 0.6 is 0 Å². The highest BCUT2D eigenvalue weighted by Gasteiger charge is 2.29. The molecule has 0 aliphatic heterocycles. The van der Waals surface area contributed by atoms with Gasteiger partial charge >= 0.3 is 0 Å². The molecular weight excluding hydrogens is 282 g/mol. The fraction of sp³-hybridized carbons (Fsp3) is 0.300. The summed E-state index contributed by atoms with van der Waals surface area (Å²) in [4.78, 5) is 2.36. The number of benzene rings is 2. The zero-order chi connectivity index (χ0) is 15.8. The van der Waals surface area contributed by atoms with E-state index in [9.17, 15) is 0 Å². The molecule has 0 aromatic heterocycles. The first-order valence-electron chi connectivity index (χ1n) is 8.04. The van der Waals surface area contributed by atoms with Gasteiger partial charge in [-0.3, -0.25) is 4.90 Å². The lowest BCUT2D eigenvalue weighted by Crippen LogP contribution is -2.55. The van der Waals surface area contributed by atoms with Crippen molar-refractivity contribution in [1.82, 2.24) is 4.90 Å². The van der Waals surface area contributed by atoms with Gasteiger partial charge in [0.15, 0.2) is 8.07 Å². The second-order valence-corrected chi connectivity index (χ2v) is 9.27. The highest BCUT2D eigenvalue weighted by Crippen LogP contribution is 2.04. The Labute approximate surface area is 136 Å².